The number of carbonyl (C=O) groups excluding carboxylic acids is 1. The van der Waals surface area contributed by atoms with Gasteiger partial charge in [-0.05, 0) is 62.9 Å². The summed E-state index contributed by atoms with van der Waals surface area (Å²) in [7, 11) is 0. The summed E-state index contributed by atoms with van der Waals surface area (Å²) in [4.78, 5) is 25.6. The zero-order valence-electron chi connectivity index (χ0n) is 18.3. The van der Waals surface area contributed by atoms with Crippen LogP contribution in [0.25, 0.3) is 0 Å². The van der Waals surface area contributed by atoms with Gasteiger partial charge in [-0.2, -0.15) is 0 Å². The van der Waals surface area contributed by atoms with Gasteiger partial charge in [0.25, 0.3) is 0 Å². The van der Waals surface area contributed by atoms with Gasteiger partial charge in [-0.15, -0.1) is 0 Å². The van der Waals surface area contributed by atoms with Crippen LogP contribution in [-0.2, 0) is 4.79 Å². The van der Waals surface area contributed by atoms with E-state index in [0.717, 1.165) is 51.9 Å². The Morgan fingerprint density at radius 3 is 2.58 bits per heavy atom. The number of hydrogen-bond donors (Lipinski definition) is 1. The molecule has 6 heteroatoms. The van der Waals surface area contributed by atoms with Gasteiger partial charge in [-0.3, -0.25) is 4.79 Å². The lowest BCUT2D eigenvalue weighted by molar-refractivity contribution is -0.120. The molecule has 1 N–H and O–H groups in total. The van der Waals surface area contributed by atoms with Gasteiger partial charge in [0.05, 0.1) is 5.92 Å². The van der Waals surface area contributed by atoms with E-state index < -0.39 is 0 Å². The summed E-state index contributed by atoms with van der Waals surface area (Å²) in [5, 5.41) is 4.02. The van der Waals surface area contributed by atoms with Crippen LogP contribution >= 0.6 is 11.8 Å². The minimum absolute atomic E-state index is 0.0760. The van der Waals surface area contributed by atoms with Gasteiger partial charge < -0.3 is 10.2 Å². The van der Waals surface area contributed by atoms with Crippen LogP contribution in [0.2, 0.25) is 0 Å². The largest absolute Gasteiger partial charge is 0.354 e. The smallest absolute Gasteiger partial charge is 0.229 e. The molecule has 0 unspecified atom stereocenters. The fourth-order valence-corrected chi connectivity index (χ4v) is 4.70. The van der Waals surface area contributed by atoms with Crippen molar-refractivity contribution in [1.82, 2.24) is 9.97 Å². The maximum absolute atomic E-state index is 13.0. The molecule has 0 saturated carbocycles. The molecule has 160 valence electrons. The number of nitrogens with zero attached hydrogens (tertiary/aromatic N) is 3. The Hall–Kier alpha value is -2.86. The Labute approximate surface area is 188 Å². The fourth-order valence-electron chi connectivity index (χ4n) is 3.81. The average molecular weight is 433 g/mol. The molecule has 0 aliphatic carbocycles. The van der Waals surface area contributed by atoms with Crippen LogP contribution in [0.15, 0.2) is 64.8 Å². The summed E-state index contributed by atoms with van der Waals surface area (Å²) in [6.07, 6.45) is 5.30. The molecule has 1 aliphatic rings. The van der Waals surface area contributed by atoms with E-state index in [9.17, 15) is 4.79 Å². The summed E-state index contributed by atoms with van der Waals surface area (Å²) in [5.41, 5.74) is 4.36. The number of aryl methyl sites for hydroxylation is 3. The highest BCUT2D eigenvalue weighted by Gasteiger charge is 2.28. The average Bonchev–Trinajstić information content (AvgIpc) is 2.78. The molecule has 0 bridgehead atoms. The molecule has 2 heterocycles. The molecule has 1 fully saturated rings. The van der Waals surface area contributed by atoms with E-state index in [4.69, 9.17) is 0 Å². The Bertz CT molecular complexity index is 1070. The monoisotopic (exact) mass is 432 g/mol. The molecular weight excluding hydrogens is 404 g/mol. The van der Waals surface area contributed by atoms with Crippen molar-refractivity contribution in [3.8, 4) is 0 Å². The van der Waals surface area contributed by atoms with Gasteiger partial charge in [0.2, 0.25) is 5.91 Å². The van der Waals surface area contributed by atoms with Crippen molar-refractivity contribution in [3.63, 3.8) is 0 Å². The molecule has 0 spiro atoms. The van der Waals surface area contributed by atoms with E-state index in [0.29, 0.717) is 6.54 Å². The number of carbonyl (C=O) groups is 1. The second-order valence-electron chi connectivity index (χ2n) is 8.19. The Balaban J connectivity index is 1.49. The lowest BCUT2D eigenvalue weighted by Gasteiger charge is -2.33. The molecule has 1 saturated heterocycles. The van der Waals surface area contributed by atoms with Gasteiger partial charge in [0.1, 0.15) is 5.03 Å². The summed E-state index contributed by atoms with van der Waals surface area (Å²) in [5.74, 6) is 0.861. The van der Waals surface area contributed by atoms with Crippen molar-refractivity contribution in [2.45, 2.75) is 43.5 Å². The molecule has 5 nitrogen and oxygen atoms in total. The first-order valence-electron chi connectivity index (χ1n) is 10.7. The van der Waals surface area contributed by atoms with Crippen molar-refractivity contribution in [2.24, 2.45) is 5.92 Å². The third-order valence-electron chi connectivity index (χ3n) is 5.62. The lowest BCUT2D eigenvalue weighted by atomic mass is 9.96. The van der Waals surface area contributed by atoms with Gasteiger partial charge in [-0.25, -0.2) is 9.97 Å². The number of nitrogens with one attached hydrogen (secondary N) is 1. The number of piperidine rings is 1. The Kier molecular flexibility index (Phi) is 6.56. The number of rotatable bonds is 5. The zero-order chi connectivity index (χ0) is 21.8. The minimum Gasteiger partial charge on any atom is -0.354 e. The van der Waals surface area contributed by atoms with Crippen LogP contribution < -0.4 is 10.2 Å². The third kappa shape index (κ3) is 5.25. The zero-order valence-corrected chi connectivity index (χ0v) is 19.1. The topological polar surface area (TPSA) is 58.1 Å². The van der Waals surface area contributed by atoms with Gasteiger partial charge in [-0.1, -0.05) is 41.6 Å². The van der Waals surface area contributed by atoms with E-state index in [2.05, 4.69) is 57.4 Å². The molecule has 3 aromatic rings. The highest BCUT2D eigenvalue weighted by molar-refractivity contribution is 7.99. The number of amides is 1. The normalized spacial score (nSPS) is 16.2. The van der Waals surface area contributed by atoms with Gasteiger partial charge >= 0.3 is 0 Å². The first kappa shape index (κ1) is 21.4. The number of benzene rings is 2. The van der Waals surface area contributed by atoms with E-state index in [-0.39, 0.29) is 11.8 Å². The molecule has 1 atom stereocenters. The minimum atomic E-state index is -0.0760. The summed E-state index contributed by atoms with van der Waals surface area (Å²) in [6.45, 7) is 7.68. The maximum atomic E-state index is 13.0. The first-order chi connectivity index (χ1) is 15.0. The van der Waals surface area contributed by atoms with Crippen LogP contribution in [0, 0.1) is 26.7 Å². The summed E-state index contributed by atoms with van der Waals surface area (Å²) in [6, 6.07) is 14.6. The highest BCUT2D eigenvalue weighted by atomic mass is 32.2. The molecule has 1 amide bonds. The summed E-state index contributed by atoms with van der Waals surface area (Å²) >= 11 is 1.62. The molecular formula is C25H28N4OS. The van der Waals surface area contributed by atoms with Crippen molar-refractivity contribution in [2.75, 3.05) is 23.3 Å². The number of aromatic nitrogens is 2. The van der Waals surface area contributed by atoms with Crippen LogP contribution in [0.1, 0.15) is 29.5 Å². The predicted molar refractivity (Wildman–Crippen MR) is 127 cm³/mol. The molecule has 0 radical (unpaired) electrons. The predicted octanol–water partition coefficient (Wildman–Crippen LogP) is 5.41. The van der Waals surface area contributed by atoms with Crippen LogP contribution in [-0.4, -0.2) is 29.0 Å². The molecule has 2 aromatic carbocycles. The third-order valence-corrected chi connectivity index (χ3v) is 6.61. The van der Waals surface area contributed by atoms with E-state index in [1.54, 1.807) is 24.2 Å². The van der Waals surface area contributed by atoms with Crippen LogP contribution in [0.4, 0.5) is 11.5 Å². The van der Waals surface area contributed by atoms with Crippen molar-refractivity contribution < 1.29 is 4.79 Å². The lowest BCUT2D eigenvalue weighted by Crippen LogP contribution is -2.41. The van der Waals surface area contributed by atoms with Crippen molar-refractivity contribution in [3.05, 3.63) is 71.5 Å². The Morgan fingerprint density at radius 1 is 1.03 bits per heavy atom. The van der Waals surface area contributed by atoms with Crippen molar-refractivity contribution in [1.29, 1.82) is 0 Å². The van der Waals surface area contributed by atoms with E-state index in [1.807, 2.05) is 26.0 Å². The van der Waals surface area contributed by atoms with Gasteiger partial charge in [0, 0.05) is 36.1 Å². The molecule has 1 aromatic heterocycles. The standard InChI is InChI=1S/C25H28N4OS/c1-17-7-10-21(11-8-17)31-25-23(26-12-13-27-25)29-14-4-5-20(16-29)24(30)28-22-15-18(2)6-9-19(22)3/h6-13,15,20H,4-5,14,16H2,1-3H3,(H,28,30)/t20-/m0/s1. The maximum Gasteiger partial charge on any atom is 0.229 e. The molecule has 31 heavy (non-hydrogen) atoms. The number of hydrogen-bond acceptors (Lipinski definition) is 5. The Morgan fingerprint density at radius 2 is 1.77 bits per heavy atom. The fraction of sp³-hybridized carbons (Fsp3) is 0.320. The van der Waals surface area contributed by atoms with Crippen LogP contribution in [0.3, 0.4) is 0 Å². The quantitative estimate of drug-likeness (QED) is 0.584. The van der Waals surface area contributed by atoms with Crippen LogP contribution in [0.5, 0.6) is 0 Å². The number of anilines is 2. The second kappa shape index (κ2) is 9.52. The molecule has 1 aliphatic heterocycles. The highest BCUT2D eigenvalue weighted by Crippen LogP contribution is 2.34. The second-order valence-corrected chi connectivity index (χ2v) is 9.26. The molecule has 4 rings (SSSR count). The van der Waals surface area contributed by atoms with E-state index >= 15 is 0 Å². The summed E-state index contributed by atoms with van der Waals surface area (Å²) < 4.78 is 0. The van der Waals surface area contributed by atoms with E-state index in [1.165, 1.54) is 5.56 Å². The van der Waals surface area contributed by atoms with Crippen molar-refractivity contribution >= 4 is 29.2 Å². The SMILES string of the molecule is Cc1ccc(Sc2nccnc2N2CCC[C@H](C(=O)Nc3cc(C)ccc3C)C2)cc1. The van der Waals surface area contributed by atoms with Gasteiger partial charge in [0.15, 0.2) is 5.82 Å². The first-order valence-corrected chi connectivity index (χ1v) is 11.5.